The van der Waals surface area contributed by atoms with E-state index in [0.29, 0.717) is 4.47 Å². The van der Waals surface area contributed by atoms with Gasteiger partial charge in [0, 0.05) is 16.1 Å². The molecule has 0 aliphatic heterocycles. The number of rotatable bonds is 5. The van der Waals surface area contributed by atoms with Crippen LogP contribution in [0.2, 0.25) is 0 Å². The Morgan fingerprint density at radius 3 is 2.71 bits per heavy atom. The summed E-state index contributed by atoms with van der Waals surface area (Å²) in [6.45, 7) is 0. The molecular weight excluding hydrogens is 385 g/mol. The minimum atomic E-state index is -0.873. The van der Waals surface area contributed by atoms with Crippen molar-refractivity contribution < 1.29 is 23.6 Å². The van der Waals surface area contributed by atoms with Crippen molar-refractivity contribution in [1.82, 2.24) is 0 Å². The lowest BCUT2D eigenvalue weighted by molar-refractivity contribution is -0.385. The quantitative estimate of drug-likeness (QED) is 0.250. The molecule has 24 heavy (non-hydrogen) atoms. The van der Waals surface area contributed by atoms with Crippen LogP contribution in [0.4, 0.5) is 10.1 Å². The van der Waals surface area contributed by atoms with Gasteiger partial charge in [0.05, 0.1) is 18.1 Å². The van der Waals surface area contributed by atoms with Gasteiger partial charge in [0.1, 0.15) is 11.6 Å². The zero-order valence-corrected chi connectivity index (χ0v) is 13.9. The maximum Gasteiger partial charge on any atom is 0.336 e. The fraction of sp³-hybridized carbons (Fsp3) is 0.0625. The molecule has 124 valence electrons. The Morgan fingerprint density at radius 1 is 1.29 bits per heavy atom. The predicted molar refractivity (Wildman–Crippen MR) is 88.4 cm³/mol. The number of methoxy groups -OCH3 is 1. The minimum absolute atomic E-state index is 0.172. The van der Waals surface area contributed by atoms with Crippen LogP contribution in [0.1, 0.15) is 5.56 Å². The van der Waals surface area contributed by atoms with Crippen molar-refractivity contribution in [3.63, 3.8) is 0 Å². The summed E-state index contributed by atoms with van der Waals surface area (Å²) in [5.41, 5.74) is -0.240. The zero-order valence-electron chi connectivity index (χ0n) is 12.4. The van der Waals surface area contributed by atoms with Gasteiger partial charge in [-0.15, -0.1) is 0 Å². The molecule has 2 rings (SSSR count). The van der Waals surface area contributed by atoms with Crippen LogP contribution in [-0.4, -0.2) is 18.0 Å². The molecule has 0 aliphatic carbocycles. The number of halogens is 2. The molecule has 0 saturated carbocycles. The van der Waals surface area contributed by atoms with Gasteiger partial charge in [0.2, 0.25) is 5.75 Å². The van der Waals surface area contributed by atoms with Gasteiger partial charge in [-0.3, -0.25) is 10.1 Å². The summed E-state index contributed by atoms with van der Waals surface area (Å²) in [5, 5.41) is 11.0. The smallest absolute Gasteiger partial charge is 0.336 e. The Bertz CT molecular complexity index is 822. The monoisotopic (exact) mass is 395 g/mol. The number of ether oxygens (including phenoxy) is 2. The van der Waals surface area contributed by atoms with Gasteiger partial charge in [-0.05, 0) is 36.4 Å². The van der Waals surface area contributed by atoms with E-state index < -0.39 is 22.4 Å². The summed E-state index contributed by atoms with van der Waals surface area (Å²) >= 11 is 3.19. The van der Waals surface area contributed by atoms with Crippen molar-refractivity contribution in [2.75, 3.05) is 7.11 Å². The van der Waals surface area contributed by atoms with E-state index in [9.17, 15) is 19.3 Å². The molecule has 0 N–H and O–H groups in total. The third kappa shape index (κ3) is 4.39. The van der Waals surface area contributed by atoms with Crippen LogP contribution >= 0.6 is 15.9 Å². The fourth-order valence-corrected chi connectivity index (χ4v) is 2.17. The van der Waals surface area contributed by atoms with Crippen LogP contribution in [0.3, 0.4) is 0 Å². The number of carbonyl (C=O) groups excluding carboxylic acids is 1. The molecule has 8 heteroatoms. The molecule has 0 atom stereocenters. The standard InChI is InChI=1S/C16H11BrFNO5/c1-23-12-4-6-15(14(9-12)19(21)22)24-16(20)7-2-10-8-11(17)3-5-13(10)18/h2-9H,1H3/b7-2+. The Kier molecular flexibility index (Phi) is 5.64. The molecule has 0 saturated heterocycles. The van der Waals surface area contributed by atoms with Crippen molar-refractivity contribution >= 4 is 33.7 Å². The summed E-state index contributed by atoms with van der Waals surface area (Å²) in [6, 6.07) is 8.06. The largest absolute Gasteiger partial charge is 0.496 e. The molecule has 0 heterocycles. The molecule has 0 bridgehead atoms. The molecule has 0 aliphatic rings. The highest BCUT2D eigenvalue weighted by atomic mass is 79.9. The van der Waals surface area contributed by atoms with Crippen LogP contribution in [0.15, 0.2) is 46.9 Å². The van der Waals surface area contributed by atoms with Crippen molar-refractivity contribution in [2.45, 2.75) is 0 Å². The molecule has 0 fully saturated rings. The van der Waals surface area contributed by atoms with Gasteiger partial charge < -0.3 is 9.47 Å². The number of benzene rings is 2. The molecule has 2 aromatic rings. The summed E-state index contributed by atoms with van der Waals surface area (Å²) < 4.78 is 24.0. The Balaban J connectivity index is 2.19. The highest BCUT2D eigenvalue weighted by Crippen LogP contribution is 2.31. The molecule has 0 amide bonds. The van der Waals surface area contributed by atoms with Crippen LogP contribution < -0.4 is 9.47 Å². The first-order chi connectivity index (χ1) is 11.4. The van der Waals surface area contributed by atoms with Gasteiger partial charge in [-0.25, -0.2) is 9.18 Å². The second kappa shape index (κ2) is 7.69. The van der Waals surface area contributed by atoms with Gasteiger partial charge in [0.15, 0.2) is 0 Å². The first-order valence-corrected chi connectivity index (χ1v) is 7.37. The molecular formula is C16H11BrFNO5. The highest BCUT2D eigenvalue weighted by molar-refractivity contribution is 9.10. The lowest BCUT2D eigenvalue weighted by Gasteiger charge is -2.05. The highest BCUT2D eigenvalue weighted by Gasteiger charge is 2.18. The van der Waals surface area contributed by atoms with E-state index in [1.54, 1.807) is 0 Å². The van der Waals surface area contributed by atoms with Gasteiger partial charge in [0.25, 0.3) is 0 Å². The number of carbonyl (C=O) groups is 1. The van der Waals surface area contributed by atoms with Crippen LogP contribution in [0.5, 0.6) is 11.5 Å². The summed E-state index contributed by atoms with van der Waals surface area (Å²) in [7, 11) is 1.36. The first kappa shape index (κ1) is 17.6. The summed E-state index contributed by atoms with van der Waals surface area (Å²) in [5.74, 6) is -1.36. The number of nitro benzene ring substituents is 1. The van der Waals surface area contributed by atoms with Crippen molar-refractivity contribution in [2.24, 2.45) is 0 Å². The number of nitro groups is 1. The average molecular weight is 396 g/mol. The Labute approximate surface area is 144 Å². The summed E-state index contributed by atoms with van der Waals surface area (Å²) in [6.07, 6.45) is 2.20. The van der Waals surface area contributed by atoms with Gasteiger partial charge in [-0.1, -0.05) is 15.9 Å². The van der Waals surface area contributed by atoms with Crippen LogP contribution in [0.25, 0.3) is 6.08 Å². The number of esters is 1. The second-order valence-electron chi connectivity index (χ2n) is 4.51. The average Bonchev–Trinajstić information content (AvgIpc) is 2.55. The molecule has 6 nitrogen and oxygen atoms in total. The maximum atomic E-state index is 13.6. The van der Waals surface area contributed by atoms with Gasteiger partial charge in [-0.2, -0.15) is 0 Å². The normalized spacial score (nSPS) is 10.6. The zero-order chi connectivity index (χ0) is 17.7. The number of hydrogen-bond acceptors (Lipinski definition) is 5. The maximum absolute atomic E-state index is 13.6. The fourth-order valence-electron chi connectivity index (χ4n) is 1.80. The van der Waals surface area contributed by atoms with Crippen molar-refractivity contribution in [3.8, 4) is 11.5 Å². The Hall–Kier alpha value is -2.74. The van der Waals surface area contributed by atoms with Crippen molar-refractivity contribution in [1.29, 1.82) is 0 Å². The molecule has 0 aromatic heterocycles. The predicted octanol–water partition coefficient (Wildman–Crippen LogP) is 4.12. The second-order valence-corrected chi connectivity index (χ2v) is 5.43. The lowest BCUT2D eigenvalue weighted by atomic mass is 10.2. The molecule has 0 unspecified atom stereocenters. The van der Waals surface area contributed by atoms with E-state index in [-0.39, 0.29) is 17.1 Å². The van der Waals surface area contributed by atoms with E-state index in [1.165, 1.54) is 43.5 Å². The van der Waals surface area contributed by atoms with E-state index in [0.717, 1.165) is 12.1 Å². The third-order valence-corrected chi connectivity index (χ3v) is 3.42. The van der Waals surface area contributed by atoms with E-state index >= 15 is 0 Å². The SMILES string of the molecule is COc1ccc(OC(=O)/C=C/c2cc(Br)ccc2F)c([N+](=O)[O-])c1. The van der Waals surface area contributed by atoms with Gasteiger partial charge >= 0.3 is 11.7 Å². The van der Waals surface area contributed by atoms with E-state index in [1.807, 2.05) is 0 Å². The van der Waals surface area contributed by atoms with E-state index in [4.69, 9.17) is 9.47 Å². The topological polar surface area (TPSA) is 78.7 Å². The van der Waals surface area contributed by atoms with E-state index in [2.05, 4.69) is 15.9 Å². The Morgan fingerprint density at radius 2 is 2.04 bits per heavy atom. The lowest BCUT2D eigenvalue weighted by Crippen LogP contribution is -2.06. The van der Waals surface area contributed by atoms with Crippen molar-refractivity contribution in [3.05, 3.63) is 68.4 Å². The minimum Gasteiger partial charge on any atom is -0.496 e. The number of nitrogens with zero attached hydrogens (tertiary/aromatic N) is 1. The third-order valence-electron chi connectivity index (χ3n) is 2.93. The molecule has 2 aromatic carbocycles. The molecule has 0 radical (unpaired) electrons. The summed E-state index contributed by atoms with van der Waals surface area (Å²) in [4.78, 5) is 22.1. The van der Waals surface area contributed by atoms with Crippen LogP contribution in [0, 0.1) is 15.9 Å². The molecule has 0 spiro atoms. The number of hydrogen-bond donors (Lipinski definition) is 0. The van der Waals surface area contributed by atoms with Crippen LogP contribution in [-0.2, 0) is 4.79 Å². The first-order valence-electron chi connectivity index (χ1n) is 6.58.